The van der Waals surface area contributed by atoms with Crippen LogP contribution in [0.15, 0.2) is 0 Å². The molecule has 2 aliphatic rings. The zero-order valence-electron chi connectivity index (χ0n) is 10.7. The molecule has 2 rings (SSSR count). The molecule has 2 fully saturated rings. The van der Waals surface area contributed by atoms with Crippen LogP contribution >= 0.6 is 0 Å². The summed E-state index contributed by atoms with van der Waals surface area (Å²) in [5.41, 5.74) is 5.01. The van der Waals surface area contributed by atoms with Gasteiger partial charge in [-0.2, -0.15) is 0 Å². The van der Waals surface area contributed by atoms with Gasteiger partial charge in [0.15, 0.2) is 0 Å². The largest absolute Gasteiger partial charge is 0.392 e. The number of hydrogen-bond donors (Lipinski definition) is 3. The van der Waals surface area contributed by atoms with Gasteiger partial charge in [0.25, 0.3) is 0 Å². The molecule has 17 heavy (non-hydrogen) atoms. The number of ether oxygens (including phenoxy) is 1. The van der Waals surface area contributed by atoms with Crippen molar-refractivity contribution in [1.82, 2.24) is 5.32 Å². The molecular formula is C12H22N2O3. The van der Waals surface area contributed by atoms with Crippen molar-refractivity contribution in [1.29, 1.82) is 0 Å². The van der Waals surface area contributed by atoms with Crippen molar-refractivity contribution in [3.8, 4) is 0 Å². The smallest absolute Gasteiger partial charge is 0.230 e. The van der Waals surface area contributed by atoms with Gasteiger partial charge in [0.1, 0.15) is 0 Å². The van der Waals surface area contributed by atoms with Gasteiger partial charge in [-0.3, -0.25) is 4.79 Å². The molecule has 4 N–H and O–H groups in total. The van der Waals surface area contributed by atoms with Crippen LogP contribution in [-0.2, 0) is 9.53 Å². The fourth-order valence-electron chi connectivity index (χ4n) is 2.39. The van der Waals surface area contributed by atoms with E-state index in [4.69, 9.17) is 10.5 Å². The van der Waals surface area contributed by atoms with Gasteiger partial charge in [0.2, 0.25) is 5.91 Å². The van der Waals surface area contributed by atoms with E-state index >= 15 is 0 Å². The first-order valence-electron chi connectivity index (χ1n) is 6.11. The Kier molecular flexibility index (Phi) is 2.96. The van der Waals surface area contributed by atoms with Crippen LogP contribution < -0.4 is 11.1 Å². The van der Waals surface area contributed by atoms with Crippen LogP contribution in [0.25, 0.3) is 0 Å². The predicted octanol–water partition coefficient (Wildman–Crippen LogP) is -0.374. The summed E-state index contributed by atoms with van der Waals surface area (Å²) >= 11 is 0. The molecule has 0 aromatic rings. The lowest BCUT2D eigenvalue weighted by Crippen LogP contribution is -2.64. The van der Waals surface area contributed by atoms with Gasteiger partial charge in [0.05, 0.1) is 24.7 Å². The van der Waals surface area contributed by atoms with Crippen molar-refractivity contribution in [2.45, 2.75) is 45.4 Å². The summed E-state index contributed by atoms with van der Waals surface area (Å²) in [6.07, 6.45) is 0.277. The topological polar surface area (TPSA) is 84.6 Å². The second-order valence-electron chi connectivity index (χ2n) is 6.14. The molecule has 1 saturated heterocycles. The van der Waals surface area contributed by atoms with Gasteiger partial charge < -0.3 is 20.9 Å². The zero-order valence-corrected chi connectivity index (χ0v) is 10.7. The molecule has 98 valence electrons. The van der Waals surface area contributed by atoms with Gasteiger partial charge in [-0.25, -0.2) is 0 Å². The molecule has 1 aliphatic heterocycles. The number of nitrogens with two attached hydrogens (primary N) is 1. The Labute approximate surface area is 102 Å². The molecule has 0 aromatic heterocycles. The highest BCUT2D eigenvalue weighted by Gasteiger charge is 2.51. The molecule has 5 heteroatoms. The number of rotatable bonds is 2. The molecular weight excluding hydrogens is 220 g/mol. The third-order valence-corrected chi connectivity index (χ3v) is 4.56. The van der Waals surface area contributed by atoms with Crippen molar-refractivity contribution in [2.75, 3.05) is 13.2 Å². The van der Waals surface area contributed by atoms with E-state index in [2.05, 4.69) is 5.32 Å². The van der Waals surface area contributed by atoms with Crippen LogP contribution in [0, 0.1) is 10.8 Å². The lowest BCUT2D eigenvalue weighted by atomic mass is 9.64. The minimum Gasteiger partial charge on any atom is -0.392 e. The van der Waals surface area contributed by atoms with Crippen molar-refractivity contribution >= 4 is 5.91 Å². The molecule has 1 aliphatic carbocycles. The van der Waals surface area contributed by atoms with Crippen LogP contribution in [0.1, 0.15) is 27.2 Å². The van der Waals surface area contributed by atoms with Gasteiger partial charge in [-0.05, 0) is 13.3 Å². The number of aliphatic hydroxyl groups is 1. The summed E-state index contributed by atoms with van der Waals surface area (Å²) in [6, 6.07) is -0.231. The van der Waals surface area contributed by atoms with E-state index in [0.29, 0.717) is 19.6 Å². The zero-order chi connectivity index (χ0) is 12.8. The standard InChI is InChI=1S/C12H22N2O3/c1-11(2)8(4-9(11)15)14-10(16)12(3)6-17-5-7(12)13/h7-9,15H,4-6,13H2,1-3H3,(H,14,16). The van der Waals surface area contributed by atoms with E-state index in [9.17, 15) is 9.90 Å². The molecule has 0 radical (unpaired) electrons. The first-order valence-corrected chi connectivity index (χ1v) is 6.11. The Morgan fingerprint density at radius 2 is 2.12 bits per heavy atom. The first-order chi connectivity index (χ1) is 7.78. The Morgan fingerprint density at radius 1 is 1.47 bits per heavy atom. The quantitative estimate of drug-likeness (QED) is 0.616. The van der Waals surface area contributed by atoms with Gasteiger partial charge in [0, 0.05) is 17.5 Å². The molecule has 4 atom stereocenters. The average molecular weight is 242 g/mol. The third-order valence-electron chi connectivity index (χ3n) is 4.56. The summed E-state index contributed by atoms with van der Waals surface area (Å²) in [6.45, 7) is 6.55. The number of hydrogen-bond acceptors (Lipinski definition) is 4. The molecule has 0 bridgehead atoms. The van der Waals surface area contributed by atoms with Gasteiger partial charge in [-0.15, -0.1) is 0 Å². The third kappa shape index (κ3) is 1.86. The number of carbonyl (C=O) groups is 1. The molecule has 1 saturated carbocycles. The van der Waals surface area contributed by atoms with Crippen LogP contribution in [0.3, 0.4) is 0 Å². The SMILES string of the molecule is CC1(C(=O)NC2CC(O)C2(C)C)COCC1N. The molecule has 4 unspecified atom stereocenters. The molecule has 5 nitrogen and oxygen atoms in total. The molecule has 1 heterocycles. The number of nitrogens with one attached hydrogen (secondary N) is 1. The number of amides is 1. The Hall–Kier alpha value is -0.650. The predicted molar refractivity (Wildman–Crippen MR) is 63.2 cm³/mol. The van der Waals surface area contributed by atoms with Crippen molar-refractivity contribution in [2.24, 2.45) is 16.6 Å². The highest BCUT2D eigenvalue weighted by molar-refractivity contribution is 5.84. The summed E-state index contributed by atoms with van der Waals surface area (Å²) in [5.74, 6) is -0.0625. The maximum absolute atomic E-state index is 12.2. The van der Waals surface area contributed by atoms with Crippen LogP contribution in [0.5, 0.6) is 0 Å². The van der Waals surface area contributed by atoms with Crippen molar-refractivity contribution in [3.63, 3.8) is 0 Å². The number of aliphatic hydroxyl groups excluding tert-OH is 1. The lowest BCUT2D eigenvalue weighted by Gasteiger charge is -2.50. The Morgan fingerprint density at radius 3 is 2.53 bits per heavy atom. The van der Waals surface area contributed by atoms with E-state index in [0.717, 1.165) is 0 Å². The lowest BCUT2D eigenvalue weighted by molar-refractivity contribution is -0.138. The second-order valence-corrected chi connectivity index (χ2v) is 6.14. The highest BCUT2D eigenvalue weighted by atomic mass is 16.5. The van der Waals surface area contributed by atoms with E-state index in [1.54, 1.807) is 0 Å². The average Bonchev–Trinajstić information content (AvgIpc) is 2.60. The summed E-state index contributed by atoms with van der Waals surface area (Å²) < 4.78 is 5.26. The maximum atomic E-state index is 12.2. The van der Waals surface area contributed by atoms with Crippen LogP contribution in [0.4, 0.5) is 0 Å². The van der Waals surface area contributed by atoms with E-state index in [1.165, 1.54) is 0 Å². The summed E-state index contributed by atoms with van der Waals surface area (Å²) in [4.78, 5) is 12.2. The van der Waals surface area contributed by atoms with Crippen LogP contribution in [0.2, 0.25) is 0 Å². The van der Waals surface area contributed by atoms with E-state index < -0.39 is 5.41 Å². The minimum atomic E-state index is -0.642. The van der Waals surface area contributed by atoms with Crippen molar-refractivity contribution < 1.29 is 14.6 Å². The molecule has 1 amide bonds. The van der Waals surface area contributed by atoms with Gasteiger partial charge >= 0.3 is 0 Å². The summed E-state index contributed by atoms with van der Waals surface area (Å²) in [7, 11) is 0. The van der Waals surface area contributed by atoms with E-state index in [-0.39, 0.29) is 29.5 Å². The Bertz CT molecular complexity index is 332. The summed E-state index contributed by atoms with van der Waals surface area (Å²) in [5, 5.41) is 12.6. The van der Waals surface area contributed by atoms with Crippen molar-refractivity contribution in [3.05, 3.63) is 0 Å². The highest BCUT2D eigenvalue weighted by Crippen LogP contribution is 2.41. The Balaban J connectivity index is 1.99. The minimum absolute atomic E-state index is 0.0228. The monoisotopic (exact) mass is 242 g/mol. The fourth-order valence-corrected chi connectivity index (χ4v) is 2.39. The first kappa shape index (κ1) is 12.8. The fraction of sp³-hybridized carbons (Fsp3) is 0.917. The second kappa shape index (κ2) is 3.93. The normalized spacial score (nSPS) is 44.2. The molecule has 0 aromatic carbocycles. The maximum Gasteiger partial charge on any atom is 0.230 e. The van der Waals surface area contributed by atoms with E-state index in [1.807, 2.05) is 20.8 Å². The number of carbonyl (C=O) groups excluding carboxylic acids is 1. The van der Waals surface area contributed by atoms with Crippen LogP contribution in [-0.4, -0.2) is 42.4 Å². The van der Waals surface area contributed by atoms with Gasteiger partial charge in [-0.1, -0.05) is 13.8 Å². The molecule has 0 spiro atoms.